The number of rotatable bonds is 5. The summed E-state index contributed by atoms with van der Waals surface area (Å²) >= 11 is 0. The summed E-state index contributed by atoms with van der Waals surface area (Å²) < 4.78 is 1.81. The number of fused-ring (bicyclic) bond motifs is 1. The Hall–Kier alpha value is -2.70. The summed E-state index contributed by atoms with van der Waals surface area (Å²) in [7, 11) is 1.86. The zero-order chi connectivity index (χ0) is 19.3. The molecule has 2 aliphatic carbocycles. The number of amides is 2. The fourth-order valence-corrected chi connectivity index (χ4v) is 4.90. The molecule has 2 amide bonds. The van der Waals surface area contributed by atoms with Crippen molar-refractivity contribution in [2.24, 2.45) is 18.9 Å². The predicted molar refractivity (Wildman–Crippen MR) is 103 cm³/mol. The van der Waals surface area contributed by atoms with Crippen LogP contribution in [0.1, 0.15) is 42.5 Å². The summed E-state index contributed by atoms with van der Waals surface area (Å²) in [5.74, 6) is 1.59. The Morgan fingerprint density at radius 1 is 1.21 bits per heavy atom. The smallest absolute Gasteiger partial charge is 0.252 e. The van der Waals surface area contributed by atoms with Crippen LogP contribution in [-0.2, 0) is 11.8 Å². The van der Waals surface area contributed by atoms with E-state index in [1.807, 2.05) is 31.3 Å². The predicted octanol–water partition coefficient (Wildman–Crippen LogP) is 2.00. The van der Waals surface area contributed by atoms with Crippen molar-refractivity contribution in [3.8, 4) is 11.4 Å². The maximum Gasteiger partial charge on any atom is 0.252 e. The van der Waals surface area contributed by atoms with E-state index in [0.717, 1.165) is 44.2 Å². The minimum atomic E-state index is -0.172. The summed E-state index contributed by atoms with van der Waals surface area (Å²) in [6.07, 6.45) is 6.87. The number of aromatic nitrogens is 3. The highest BCUT2D eigenvalue weighted by Crippen LogP contribution is 2.51. The number of hydrogen-bond donors (Lipinski definition) is 1. The molecule has 7 heteroatoms. The summed E-state index contributed by atoms with van der Waals surface area (Å²) in [6, 6.07) is 7.46. The van der Waals surface area contributed by atoms with E-state index in [0.29, 0.717) is 29.8 Å². The van der Waals surface area contributed by atoms with Crippen LogP contribution in [0.3, 0.4) is 0 Å². The molecule has 1 aromatic carbocycles. The molecular weight excluding hydrogens is 354 g/mol. The Morgan fingerprint density at radius 3 is 2.71 bits per heavy atom. The lowest BCUT2D eigenvalue weighted by Crippen LogP contribution is -2.62. The molecule has 1 saturated heterocycles. The number of nitrogens with one attached hydrogen (secondary N) is 1. The van der Waals surface area contributed by atoms with Gasteiger partial charge in [-0.2, -0.15) is 0 Å². The van der Waals surface area contributed by atoms with Gasteiger partial charge in [-0.05, 0) is 44.1 Å². The maximum absolute atomic E-state index is 13.1. The van der Waals surface area contributed by atoms with Crippen LogP contribution in [-0.4, -0.2) is 50.1 Å². The fraction of sp³-hybridized carbons (Fsp3) is 0.524. The molecule has 2 aromatic rings. The van der Waals surface area contributed by atoms with Crippen LogP contribution in [0, 0.1) is 11.8 Å². The molecule has 146 valence electrons. The van der Waals surface area contributed by atoms with Crippen molar-refractivity contribution in [3.05, 3.63) is 36.2 Å². The molecule has 0 bridgehead atoms. The highest BCUT2D eigenvalue weighted by molar-refractivity contribution is 6.00. The first kappa shape index (κ1) is 17.4. The van der Waals surface area contributed by atoms with Crippen molar-refractivity contribution in [1.29, 1.82) is 0 Å². The lowest BCUT2D eigenvalue weighted by molar-refractivity contribution is -0.140. The second-order valence-corrected chi connectivity index (χ2v) is 8.39. The number of carbonyl (C=O) groups is 2. The molecule has 2 atom stereocenters. The second kappa shape index (κ2) is 6.43. The SMILES string of the molecule is Cn1cnnc1-c1ccccc1C(=O)NCC12CCC1CCN2C(=O)C1CC1. The number of carbonyl (C=O) groups excluding carboxylic acids is 2. The molecule has 2 heterocycles. The third-order valence-electron chi connectivity index (χ3n) is 6.80. The summed E-state index contributed by atoms with van der Waals surface area (Å²) in [6.45, 7) is 1.37. The number of benzene rings is 1. The number of nitrogens with zero attached hydrogens (tertiary/aromatic N) is 4. The van der Waals surface area contributed by atoms with E-state index in [1.54, 1.807) is 10.9 Å². The molecule has 2 saturated carbocycles. The van der Waals surface area contributed by atoms with Gasteiger partial charge in [0.1, 0.15) is 6.33 Å². The lowest BCUT2D eigenvalue weighted by atomic mass is 9.67. The molecular formula is C21H25N5O2. The van der Waals surface area contributed by atoms with Crippen molar-refractivity contribution in [2.75, 3.05) is 13.1 Å². The van der Waals surface area contributed by atoms with E-state index in [9.17, 15) is 9.59 Å². The van der Waals surface area contributed by atoms with Gasteiger partial charge in [0, 0.05) is 31.6 Å². The minimum Gasteiger partial charge on any atom is -0.350 e. The van der Waals surface area contributed by atoms with Gasteiger partial charge in [0.25, 0.3) is 5.91 Å². The topological polar surface area (TPSA) is 80.1 Å². The van der Waals surface area contributed by atoms with Crippen LogP contribution in [0.5, 0.6) is 0 Å². The Labute approximate surface area is 164 Å². The van der Waals surface area contributed by atoms with Crippen LogP contribution >= 0.6 is 0 Å². The van der Waals surface area contributed by atoms with Gasteiger partial charge in [0.2, 0.25) is 5.91 Å². The fourth-order valence-electron chi connectivity index (χ4n) is 4.90. The molecule has 28 heavy (non-hydrogen) atoms. The molecule has 3 fully saturated rings. The van der Waals surface area contributed by atoms with Gasteiger partial charge in [-0.1, -0.05) is 18.2 Å². The standard InChI is InChI=1S/C21H25N5O2/c1-25-13-23-24-18(25)16-4-2-3-5-17(16)19(27)22-12-21-10-8-15(21)9-11-26(21)20(28)14-6-7-14/h2-5,13-15H,6-12H2,1H3,(H,22,27). The Bertz CT molecular complexity index is 934. The third kappa shape index (κ3) is 2.64. The summed E-state index contributed by atoms with van der Waals surface area (Å²) in [4.78, 5) is 27.9. The molecule has 0 radical (unpaired) electrons. The van der Waals surface area contributed by atoms with Crippen molar-refractivity contribution >= 4 is 11.8 Å². The van der Waals surface area contributed by atoms with Crippen molar-refractivity contribution in [2.45, 2.75) is 37.6 Å². The second-order valence-electron chi connectivity index (χ2n) is 8.39. The van der Waals surface area contributed by atoms with Gasteiger partial charge < -0.3 is 14.8 Å². The number of aryl methyl sites for hydroxylation is 1. The normalized spacial score (nSPS) is 25.9. The van der Waals surface area contributed by atoms with E-state index in [1.165, 1.54) is 0 Å². The van der Waals surface area contributed by atoms with Crippen LogP contribution < -0.4 is 5.32 Å². The first-order chi connectivity index (χ1) is 13.6. The van der Waals surface area contributed by atoms with E-state index < -0.39 is 0 Å². The molecule has 3 aliphatic rings. The maximum atomic E-state index is 13.1. The average molecular weight is 379 g/mol. The lowest BCUT2D eigenvalue weighted by Gasteiger charge is -2.50. The monoisotopic (exact) mass is 379 g/mol. The zero-order valence-corrected chi connectivity index (χ0v) is 16.1. The molecule has 5 rings (SSSR count). The molecule has 1 aliphatic heterocycles. The van der Waals surface area contributed by atoms with Crippen molar-refractivity contribution in [3.63, 3.8) is 0 Å². The Morgan fingerprint density at radius 2 is 2.04 bits per heavy atom. The van der Waals surface area contributed by atoms with Gasteiger partial charge in [0.15, 0.2) is 5.82 Å². The van der Waals surface area contributed by atoms with Crippen LogP contribution in [0.4, 0.5) is 0 Å². The van der Waals surface area contributed by atoms with Gasteiger partial charge >= 0.3 is 0 Å². The Kier molecular flexibility index (Phi) is 4.00. The van der Waals surface area contributed by atoms with E-state index in [2.05, 4.69) is 20.4 Å². The quantitative estimate of drug-likeness (QED) is 0.862. The average Bonchev–Trinajstić information content (AvgIpc) is 3.41. The largest absolute Gasteiger partial charge is 0.350 e. The van der Waals surface area contributed by atoms with E-state index >= 15 is 0 Å². The first-order valence-electron chi connectivity index (χ1n) is 10.1. The third-order valence-corrected chi connectivity index (χ3v) is 6.80. The number of likely N-dealkylation sites (tertiary alicyclic amines) is 1. The van der Waals surface area contributed by atoms with Crippen molar-refractivity contribution in [1.82, 2.24) is 25.0 Å². The van der Waals surface area contributed by atoms with E-state index in [4.69, 9.17) is 0 Å². The molecule has 7 nitrogen and oxygen atoms in total. The zero-order valence-electron chi connectivity index (χ0n) is 16.1. The van der Waals surface area contributed by atoms with Crippen LogP contribution in [0.25, 0.3) is 11.4 Å². The molecule has 1 aromatic heterocycles. The van der Waals surface area contributed by atoms with Gasteiger partial charge in [0.05, 0.1) is 11.1 Å². The summed E-state index contributed by atoms with van der Waals surface area (Å²) in [5.41, 5.74) is 1.18. The van der Waals surface area contributed by atoms with Gasteiger partial charge in [-0.15, -0.1) is 10.2 Å². The first-order valence-corrected chi connectivity index (χ1v) is 10.1. The number of hydrogen-bond acceptors (Lipinski definition) is 4. The van der Waals surface area contributed by atoms with Crippen LogP contribution in [0.15, 0.2) is 30.6 Å². The molecule has 1 N–H and O–H groups in total. The highest BCUT2D eigenvalue weighted by atomic mass is 16.2. The minimum absolute atomic E-state index is 0.121. The highest BCUT2D eigenvalue weighted by Gasteiger charge is 2.57. The van der Waals surface area contributed by atoms with Crippen LogP contribution in [0.2, 0.25) is 0 Å². The molecule has 0 spiro atoms. The van der Waals surface area contributed by atoms with E-state index in [-0.39, 0.29) is 17.4 Å². The van der Waals surface area contributed by atoms with Crippen molar-refractivity contribution < 1.29 is 9.59 Å². The molecule has 2 unspecified atom stereocenters. The van der Waals surface area contributed by atoms with Gasteiger partial charge in [-0.3, -0.25) is 9.59 Å². The summed E-state index contributed by atoms with van der Waals surface area (Å²) in [5, 5.41) is 11.2. The Balaban J connectivity index is 1.36. The van der Waals surface area contributed by atoms with Gasteiger partial charge in [-0.25, -0.2) is 0 Å².